The monoisotopic (exact) mass is 516 g/mol. The van der Waals surface area contributed by atoms with Gasteiger partial charge in [0.05, 0.1) is 10.0 Å². The maximum absolute atomic E-state index is 11.8. The first kappa shape index (κ1) is 22.5. The van der Waals surface area contributed by atoms with Gasteiger partial charge in [0.25, 0.3) is 0 Å². The summed E-state index contributed by atoms with van der Waals surface area (Å²) in [6, 6.07) is 7.18. The van der Waals surface area contributed by atoms with Gasteiger partial charge in [-0.15, -0.1) is 0 Å². The highest BCUT2D eigenvalue weighted by Gasteiger charge is 2.26. The Hall–Kier alpha value is 0.180. The maximum atomic E-state index is 11.8. The maximum Gasteiger partial charge on any atom is 0.449 e. The highest BCUT2D eigenvalue weighted by atomic mass is 35.6. The Balaban J connectivity index is 2.34. The molecule has 0 saturated heterocycles. The molecule has 0 N–H and O–H groups in total. The zero-order valence-corrected chi connectivity index (χ0v) is 18.4. The van der Waals surface area contributed by atoms with E-state index in [4.69, 9.17) is 85.4 Å². The minimum atomic E-state index is -4.51. The van der Waals surface area contributed by atoms with E-state index in [1.807, 2.05) is 0 Å². The van der Waals surface area contributed by atoms with Crippen molar-refractivity contribution in [2.75, 3.05) is 6.61 Å². The smallest absolute Gasteiger partial charge is 0.362 e. The van der Waals surface area contributed by atoms with Gasteiger partial charge >= 0.3 is 10.4 Å². The normalized spacial score (nSPS) is 12.3. The minimum absolute atomic E-state index is 0.0771. The molecule has 0 bridgehead atoms. The first-order chi connectivity index (χ1) is 11.9. The lowest BCUT2D eigenvalue weighted by Gasteiger charge is -2.14. The average molecular weight is 519 g/mol. The van der Waals surface area contributed by atoms with E-state index in [0.29, 0.717) is 21.2 Å². The summed E-state index contributed by atoms with van der Waals surface area (Å²) in [6.07, 6.45) is 0. The van der Waals surface area contributed by atoms with Gasteiger partial charge in [0.2, 0.25) is 3.79 Å². The zero-order valence-electron chi connectivity index (χ0n) is 12.3. The molecule has 0 aliphatic heterocycles. The standard InChI is InChI=1S/C14H7Cl7O4S/c15-7-1-2-10(16)9(3-7)13-11(17)4-8(5-12(13)18)25-26(22,23)24-6-14(19,20)21/h1-5H,6H2. The Labute approximate surface area is 185 Å². The van der Waals surface area contributed by atoms with E-state index in [0.717, 1.165) is 0 Å². The Kier molecular flexibility index (Phi) is 7.50. The van der Waals surface area contributed by atoms with Crippen molar-refractivity contribution in [1.29, 1.82) is 0 Å². The predicted molar refractivity (Wildman–Crippen MR) is 108 cm³/mol. The van der Waals surface area contributed by atoms with Gasteiger partial charge in [-0.25, -0.2) is 4.18 Å². The Morgan fingerprint density at radius 2 is 1.46 bits per heavy atom. The molecule has 0 atom stereocenters. The molecule has 0 fully saturated rings. The first-order valence-electron chi connectivity index (χ1n) is 6.48. The molecule has 0 spiro atoms. The summed E-state index contributed by atoms with van der Waals surface area (Å²) in [5.41, 5.74) is 0.823. The summed E-state index contributed by atoms with van der Waals surface area (Å²) in [5, 5.41) is 0.923. The van der Waals surface area contributed by atoms with Crippen LogP contribution in [-0.2, 0) is 14.6 Å². The van der Waals surface area contributed by atoms with E-state index in [2.05, 4.69) is 4.18 Å². The van der Waals surface area contributed by atoms with Crippen LogP contribution in [-0.4, -0.2) is 18.8 Å². The molecular formula is C14H7Cl7O4S. The fourth-order valence-electron chi connectivity index (χ4n) is 1.83. The summed E-state index contributed by atoms with van der Waals surface area (Å²) in [5.74, 6) is -0.203. The molecule has 142 valence electrons. The number of hydrogen-bond acceptors (Lipinski definition) is 4. The van der Waals surface area contributed by atoms with Crippen LogP contribution >= 0.6 is 81.2 Å². The summed E-state index contributed by atoms with van der Waals surface area (Å²) >= 11 is 40.8. The minimum Gasteiger partial charge on any atom is -0.362 e. The van der Waals surface area contributed by atoms with Crippen LogP contribution in [0.4, 0.5) is 0 Å². The van der Waals surface area contributed by atoms with E-state index in [9.17, 15) is 8.42 Å². The van der Waals surface area contributed by atoms with E-state index in [1.165, 1.54) is 12.1 Å². The van der Waals surface area contributed by atoms with Crippen molar-refractivity contribution in [1.82, 2.24) is 0 Å². The van der Waals surface area contributed by atoms with Crippen molar-refractivity contribution in [3.8, 4) is 16.9 Å². The molecule has 0 saturated carbocycles. The van der Waals surface area contributed by atoms with Crippen LogP contribution in [0, 0.1) is 0 Å². The molecule has 0 heterocycles. The van der Waals surface area contributed by atoms with Crippen LogP contribution in [0.2, 0.25) is 20.1 Å². The van der Waals surface area contributed by atoms with E-state index in [1.54, 1.807) is 18.2 Å². The molecule has 2 aromatic carbocycles. The second-order valence-electron chi connectivity index (χ2n) is 4.76. The predicted octanol–water partition coefficient (Wildman–Crippen LogP) is 6.98. The Morgan fingerprint density at radius 1 is 0.885 bits per heavy atom. The number of rotatable bonds is 5. The molecule has 0 unspecified atom stereocenters. The first-order valence-corrected chi connectivity index (χ1v) is 10.5. The number of halogens is 7. The van der Waals surface area contributed by atoms with Gasteiger partial charge in [-0.3, -0.25) is 0 Å². The molecule has 2 rings (SSSR count). The van der Waals surface area contributed by atoms with E-state index in [-0.39, 0.29) is 15.8 Å². The number of hydrogen-bond donors (Lipinski definition) is 0. The van der Waals surface area contributed by atoms with Crippen molar-refractivity contribution < 1.29 is 16.8 Å². The van der Waals surface area contributed by atoms with Gasteiger partial charge in [0, 0.05) is 33.3 Å². The number of benzene rings is 2. The topological polar surface area (TPSA) is 52.6 Å². The van der Waals surface area contributed by atoms with Crippen LogP contribution in [0.15, 0.2) is 30.3 Å². The summed E-state index contributed by atoms with van der Waals surface area (Å²) in [6.45, 7) is -0.738. The molecular weight excluding hydrogens is 512 g/mol. The van der Waals surface area contributed by atoms with Crippen molar-refractivity contribution in [2.45, 2.75) is 3.79 Å². The van der Waals surface area contributed by atoms with E-state index >= 15 is 0 Å². The van der Waals surface area contributed by atoms with Crippen LogP contribution in [0.25, 0.3) is 11.1 Å². The van der Waals surface area contributed by atoms with Crippen LogP contribution in [0.3, 0.4) is 0 Å². The third-order valence-electron chi connectivity index (χ3n) is 2.78. The summed E-state index contributed by atoms with van der Waals surface area (Å²) < 4.78 is 30.8. The highest BCUT2D eigenvalue weighted by Crippen LogP contribution is 2.42. The van der Waals surface area contributed by atoms with E-state index < -0.39 is 20.8 Å². The Morgan fingerprint density at radius 3 is 2.00 bits per heavy atom. The number of alkyl halides is 3. The largest absolute Gasteiger partial charge is 0.449 e. The van der Waals surface area contributed by atoms with Crippen molar-refractivity contribution in [2.24, 2.45) is 0 Å². The van der Waals surface area contributed by atoms with Crippen molar-refractivity contribution in [3.05, 3.63) is 50.4 Å². The average Bonchev–Trinajstić information content (AvgIpc) is 2.47. The lowest BCUT2D eigenvalue weighted by atomic mass is 10.1. The summed E-state index contributed by atoms with van der Waals surface area (Å²) in [4.78, 5) is 0. The Bertz CT molecular complexity index is 902. The quantitative estimate of drug-likeness (QED) is 0.400. The highest BCUT2D eigenvalue weighted by molar-refractivity contribution is 7.82. The lowest BCUT2D eigenvalue weighted by molar-refractivity contribution is 0.279. The molecule has 0 amide bonds. The van der Waals surface area contributed by atoms with Crippen LogP contribution < -0.4 is 4.18 Å². The summed E-state index contributed by atoms with van der Waals surface area (Å²) in [7, 11) is -4.51. The fourth-order valence-corrected chi connectivity index (χ4v) is 3.94. The molecule has 0 radical (unpaired) electrons. The molecule has 26 heavy (non-hydrogen) atoms. The SMILES string of the molecule is O=S(=O)(OCC(Cl)(Cl)Cl)Oc1cc(Cl)c(-c2cc(Cl)ccc2Cl)c(Cl)c1. The van der Waals surface area contributed by atoms with Gasteiger partial charge in [0.15, 0.2) is 0 Å². The molecule has 12 heteroatoms. The molecule has 4 nitrogen and oxygen atoms in total. The third-order valence-corrected chi connectivity index (χ3v) is 5.07. The molecule has 0 aliphatic carbocycles. The second kappa shape index (κ2) is 8.68. The van der Waals surface area contributed by atoms with Gasteiger partial charge in [-0.05, 0) is 18.2 Å². The fraction of sp³-hybridized carbons (Fsp3) is 0.143. The zero-order chi connectivity index (χ0) is 19.7. The van der Waals surface area contributed by atoms with Gasteiger partial charge in [-0.1, -0.05) is 81.2 Å². The lowest BCUT2D eigenvalue weighted by Crippen LogP contribution is -2.21. The van der Waals surface area contributed by atoms with Gasteiger partial charge in [0.1, 0.15) is 12.4 Å². The van der Waals surface area contributed by atoms with Crippen LogP contribution in [0.5, 0.6) is 5.75 Å². The van der Waals surface area contributed by atoms with Crippen molar-refractivity contribution >= 4 is 91.6 Å². The van der Waals surface area contributed by atoms with Crippen LogP contribution in [0.1, 0.15) is 0 Å². The molecule has 0 aliphatic rings. The molecule has 2 aromatic rings. The third kappa shape index (κ3) is 6.36. The van der Waals surface area contributed by atoms with Gasteiger partial charge < -0.3 is 4.18 Å². The van der Waals surface area contributed by atoms with Crippen molar-refractivity contribution in [3.63, 3.8) is 0 Å². The second-order valence-corrected chi connectivity index (χ2v) is 10.1. The molecule has 0 aromatic heterocycles. The van der Waals surface area contributed by atoms with Gasteiger partial charge in [-0.2, -0.15) is 8.42 Å².